The molecule has 0 bridgehead atoms. The SMILES string of the molecule is CCNC(c1ccc(C)nc1)C1CCSC1. The average Bonchev–Trinajstić information content (AvgIpc) is 2.81. The molecular formula is C13H20N2S. The van der Waals surface area contributed by atoms with Gasteiger partial charge >= 0.3 is 0 Å². The molecule has 0 aliphatic carbocycles. The molecule has 1 aliphatic rings. The van der Waals surface area contributed by atoms with Gasteiger partial charge in [-0.1, -0.05) is 13.0 Å². The molecule has 1 aliphatic heterocycles. The van der Waals surface area contributed by atoms with Gasteiger partial charge in [-0.2, -0.15) is 11.8 Å². The number of nitrogens with one attached hydrogen (secondary N) is 1. The molecule has 0 spiro atoms. The number of rotatable bonds is 4. The normalized spacial score (nSPS) is 22.2. The van der Waals surface area contributed by atoms with Gasteiger partial charge in [0.2, 0.25) is 0 Å². The standard InChI is InChI=1S/C13H20N2S/c1-3-14-13(12-6-7-16-9-12)11-5-4-10(2)15-8-11/h4-5,8,12-14H,3,6-7,9H2,1-2H3. The molecule has 2 atom stereocenters. The molecule has 3 heteroatoms. The summed E-state index contributed by atoms with van der Waals surface area (Å²) in [4.78, 5) is 4.41. The van der Waals surface area contributed by atoms with Crippen LogP contribution >= 0.6 is 11.8 Å². The van der Waals surface area contributed by atoms with Gasteiger partial charge in [0.05, 0.1) is 0 Å². The van der Waals surface area contributed by atoms with Crippen molar-refractivity contribution in [3.8, 4) is 0 Å². The molecule has 1 N–H and O–H groups in total. The number of aryl methyl sites for hydroxylation is 1. The molecular weight excluding hydrogens is 216 g/mol. The van der Waals surface area contributed by atoms with Gasteiger partial charge in [-0.3, -0.25) is 4.98 Å². The first-order valence-electron chi connectivity index (χ1n) is 6.05. The number of thioether (sulfide) groups is 1. The fraction of sp³-hybridized carbons (Fsp3) is 0.615. The Morgan fingerprint density at radius 1 is 1.56 bits per heavy atom. The van der Waals surface area contributed by atoms with E-state index in [-0.39, 0.29) is 0 Å². The molecule has 2 rings (SSSR count). The molecule has 2 nitrogen and oxygen atoms in total. The Morgan fingerprint density at radius 2 is 2.44 bits per heavy atom. The van der Waals surface area contributed by atoms with Crippen LogP contribution in [0.4, 0.5) is 0 Å². The van der Waals surface area contributed by atoms with Crippen molar-refractivity contribution in [2.45, 2.75) is 26.3 Å². The number of pyridine rings is 1. The molecule has 0 radical (unpaired) electrons. The molecule has 2 heterocycles. The first kappa shape index (κ1) is 11.9. The van der Waals surface area contributed by atoms with Crippen molar-refractivity contribution < 1.29 is 0 Å². The van der Waals surface area contributed by atoms with Crippen molar-refractivity contribution in [3.63, 3.8) is 0 Å². The zero-order chi connectivity index (χ0) is 11.4. The highest BCUT2D eigenvalue weighted by Gasteiger charge is 2.26. The summed E-state index contributed by atoms with van der Waals surface area (Å²) in [6.45, 7) is 5.24. The molecule has 1 aromatic rings. The summed E-state index contributed by atoms with van der Waals surface area (Å²) in [5, 5.41) is 3.61. The third-order valence-electron chi connectivity index (χ3n) is 3.15. The molecule has 1 aromatic heterocycles. The number of nitrogens with zero attached hydrogens (tertiary/aromatic N) is 1. The van der Waals surface area contributed by atoms with Gasteiger partial charge < -0.3 is 5.32 Å². The predicted molar refractivity (Wildman–Crippen MR) is 70.8 cm³/mol. The van der Waals surface area contributed by atoms with Crippen molar-refractivity contribution in [1.82, 2.24) is 10.3 Å². The minimum atomic E-state index is 0.494. The fourth-order valence-corrected chi connectivity index (χ4v) is 3.55. The van der Waals surface area contributed by atoms with E-state index in [1.165, 1.54) is 23.5 Å². The van der Waals surface area contributed by atoms with Gasteiger partial charge in [0.1, 0.15) is 0 Å². The highest BCUT2D eigenvalue weighted by atomic mass is 32.2. The maximum Gasteiger partial charge on any atom is 0.0372 e. The molecule has 0 saturated carbocycles. The van der Waals surface area contributed by atoms with Crippen molar-refractivity contribution >= 4 is 11.8 Å². The van der Waals surface area contributed by atoms with Crippen LogP contribution < -0.4 is 5.32 Å². The number of aromatic nitrogens is 1. The van der Waals surface area contributed by atoms with E-state index < -0.39 is 0 Å². The fourth-order valence-electron chi connectivity index (χ4n) is 2.26. The minimum absolute atomic E-state index is 0.494. The lowest BCUT2D eigenvalue weighted by atomic mass is 9.93. The molecule has 2 unspecified atom stereocenters. The van der Waals surface area contributed by atoms with Crippen LogP contribution in [0.2, 0.25) is 0 Å². The second-order valence-corrected chi connectivity index (χ2v) is 5.54. The van der Waals surface area contributed by atoms with Gasteiger partial charge in [0.15, 0.2) is 0 Å². The number of hydrogen-bond acceptors (Lipinski definition) is 3. The topological polar surface area (TPSA) is 24.9 Å². The van der Waals surface area contributed by atoms with Crippen molar-refractivity contribution in [1.29, 1.82) is 0 Å². The molecule has 0 aromatic carbocycles. The quantitative estimate of drug-likeness (QED) is 0.870. The smallest absolute Gasteiger partial charge is 0.0372 e. The van der Waals surface area contributed by atoms with E-state index in [1.807, 2.05) is 13.1 Å². The van der Waals surface area contributed by atoms with Gasteiger partial charge in [-0.15, -0.1) is 0 Å². The van der Waals surface area contributed by atoms with E-state index in [2.05, 4.69) is 41.1 Å². The Kier molecular flexibility index (Phi) is 4.24. The van der Waals surface area contributed by atoms with Crippen molar-refractivity contribution in [2.24, 2.45) is 5.92 Å². The zero-order valence-corrected chi connectivity index (χ0v) is 10.9. The zero-order valence-electron chi connectivity index (χ0n) is 10.1. The number of hydrogen-bond donors (Lipinski definition) is 1. The summed E-state index contributed by atoms with van der Waals surface area (Å²) in [6, 6.07) is 4.83. The van der Waals surface area contributed by atoms with Crippen LogP contribution in [0.1, 0.15) is 30.6 Å². The van der Waals surface area contributed by atoms with E-state index in [0.29, 0.717) is 6.04 Å². The third kappa shape index (κ3) is 2.77. The van der Waals surface area contributed by atoms with E-state index >= 15 is 0 Å². The van der Waals surface area contributed by atoms with Crippen LogP contribution in [0, 0.1) is 12.8 Å². The summed E-state index contributed by atoms with van der Waals surface area (Å²) < 4.78 is 0. The highest BCUT2D eigenvalue weighted by Crippen LogP contribution is 2.33. The maximum atomic E-state index is 4.41. The van der Waals surface area contributed by atoms with E-state index in [9.17, 15) is 0 Å². The molecule has 88 valence electrons. The van der Waals surface area contributed by atoms with Gasteiger partial charge in [0.25, 0.3) is 0 Å². The molecule has 16 heavy (non-hydrogen) atoms. The maximum absolute atomic E-state index is 4.41. The summed E-state index contributed by atoms with van der Waals surface area (Å²) in [5.41, 5.74) is 2.44. The highest BCUT2D eigenvalue weighted by molar-refractivity contribution is 7.99. The second kappa shape index (κ2) is 5.69. The lowest BCUT2D eigenvalue weighted by Gasteiger charge is -2.24. The molecule has 1 saturated heterocycles. The Labute approximate surface area is 102 Å². The van der Waals surface area contributed by atoms with Crippen LogP contribution in [0.5, 0.6) is 0 Å². The average molecular weight is 236 g/mol. The van der Waals surface area contributed by atoms with Gasteiger partial charge in [-0.05, 0) is 48.9 Å². The third-order valence-corrected chi connectivity index (χ3v) is 4.34. The summed E-state index contributed by atoms with van der Waals surface area (Å²) in [5.74, 6) is 3.37. The van der Waals surface area contributed by atoms with Crippen LogP contribution in [0.3, 0.4) is 0 Å². The van der Waals surface area contributed by atoms with Crippen LogP contribution in [0.25, 0.3) is 0 Å². The lowest BCUT2D eigenvalue weighted by Crippen LogP contribution is -2.28. The van der Waals surface area contributed by atoms with E-state index in [1.54, 1.807) is 0 Å². The lowest BCUT2D eigenvalue weighted by molar-refractivity contribution is 0.400. The Morgan fingerprint density at radius 3 is 3.00 bits per heavy atom. The molecule has 1 fully saturated rings. The van der Waals surface area contributed by atoms with Crippen LogP contribution in [-0.2, 0) is 0 Å². The van der Waals surface area contributed by atoms with Crippen LogP contribution in [-0.4, -0.2) is 23.0 Å². The predicted octanol–water partition coefficient (Wildman–Crippen LogP) is 2.79. The first-order chi connectivity index (χ1) is 7.81. The van der Waals surface area contributed by atoms with Gasteiger partial charge in [0, 0.05) is 17.9 Å². The van der Waals surface area contributed by atoms with Gasteiger partial charge in [-0.25, -0.2) is 0 Å². The summed E-state index contributed by atoms with van der Waals surface area (Å²) >= 11 is 2.07. The van der Waals surface area contributed by atoms with E-state index in [0.717, 1.165) is 18.2 Å². The second-order valence-electron chi connectivity index (χ2n) is 4.39. The summed E-state index contributed by atoms with van der Waals surface area (Å²) in [6.07, 6.45) is 3.36. The molecule has 0 amide bonds. The van der Waals surface area contributed by atoms with Crippen molar-refractivity contribution in [3.05, 3.63) is 29.6 Å². The van der Waals surface area contributed by atoms with Crippen LogP contribution in [0.15, 0.2) is 18.3 Å². The largest absolute Gasteiger partial charge is 0.310 e. The van der Waals surface area contributed by atoms with E-state index in [4.69, 9.17) is 0 Å². The Balaban J connectivity index is 2.14. The van der Waals surface area contributed by atoms with Crippen molar-refractivity contribution in [2.75, 3.05) is 18.1 Å². The first-order valence-corrected chi connectivity index (χ1v) is 7.20. The summed E-state index contributed by atoms with van der Waals surface area (Å²) in [7, 11) is 0. The monoisotopic (exact) mass is 236 g/mol. The Bertz CT molecular complexity index is 317. The minimum Gasteiger partial charge on any atom is -0.310 e. The Hall–Kier alpha value is -0.540.